The summed E-state index contributed by atoms with van der Waals surface area (Å²) in [7, 11) is -4.00. The lowest BCUT2D eigenvalue weighted by Gasteiger charge is -2.29. The van der Waals surface area contributed by atoms with E-state index in [9.17, 15) is 17.2 Å². The molecule has 0 aliphatic carbocycles. The Balaban J connectivity index is 0.00000441. The van der Waals surface area contributed by atoms with Crippen molar-refractivity contribution in [3.05, 3.63) is 33.8 Å². The molecule has 0 spiro atoms. The highest BCUT2D eigenvalue weighted by Crippen LogP contribution is 2.32. The third kappa shape index (κ3) is 3.96. The van der Waals surface area contributed by atoms with Crippen LogP contribution in [0.4, 0.5) is 8.78 Å². The molecule has 0 aliphatic heterocycles. The molecule has 1 atom stereocenters. The Morgan fingerprint density at radius 3 is 2.27 bits per heavy atom. The van der Waals surface area contributed by atoms with Gasteiger partial charge in [-0.2, -0.15) is 5.26 Å². The lowest BCUT2D eigenvalue weighted by molar-refractivity contribution is 0.451. The molecule has 0 fully saturated rings. The van der Waals surface area contributed by atoms with Gasteiger partial charge in [-0.25, -0.2) is 17.2 Å². The molecule has 9 heteroatoms. The van der Waals surface area contributed by atoms with Crippen LogP contribution in [0.15, 0.2) is 16.6 Å². The van der Waals surface area contributed by atoms with Crippen molar-refractivity contribution in [2.75, 3.05) is 5.75 Å². The standard InChI is InChI=1S/C13H15BrF2N2O2S.ClH/c1-12(2,6-17)21(19,20)7-13(3,18)10-9(15)5-4-8(14)11(10)16;/h4-5H,7,18H2,1-3H3;1H. The van der Waals surface area contributed by atoms with E-state index in [-0.39, 0.29) is 16.9 Å². The van der Waals surface area contributed by atoms with Crippen molar-refractivity contribution in [1.82, 2.24) is 0 Å². The van der Waals surface area contributed by atoms with Gasteiger partial charge in [-0.05, 0) is 48.8 Å². The van der Waals surface area contributed by atoms with Crippen LogP contribution < -0.4 is 5.73 Å². The minimum Gasteiger partial charge on any atom is -0.321 e. The summed E-state index contributed by atoms with van der Waals surface area (Å²) in [5, 5.41) is 8.92. The topological polar surface area (TPSA) is 84.0 Å². The van der Waals surface area contributed by atoms with Crippen molar-refractivity contribution in [3.8, 4) is 6.07 Å². The van der Waals surface area contributed by atoms with E-state index in [0.29, 0.717) is 0 Å². The molecule has 0 radical (unpaired) electrons. The van der Waals surface area contributed by atoms with Crippen molar-refractivity contribution >= 4 is 38.2 Å². The Morgan fingerprint density at radius 2 is 1.82 bits per heavy atom. The number of hydrogen-bond donors (Lipinski definition) is 1. The highest BCUT2D eigenvalue weighted by atomic mass is 79.9. The summed E-state index contributed by atoms with van der Waals surface area (Å²) in [4.78, 5) is 0. The number of nitrogens with zero attached hydrogens (tertiary/aromatic N) is 1. The summed E-state index contributed by atoms with van der Waals surface area (Å²) < 4.78 is 50.7. The first-order chi connectivity index (χ1) is 9.35. The first-order valence-electron chi connectivity index (χ1n) is 5.92. The number of nitriles is 1. The molecule has 124 valence electrons. The van der Waals surface area contributed by atoms with Crippen LogP contribution in [0.2, 0.25) is 0 Å². The summed E-state index contributed by atoms with van der Waals surface area (Å²) >= 11 is 2.91. The quantitative estimate of drug-likeness (QED) is 0.763. The zero-order valence-corrected chi connectivity index (χ0v) is 15.4. The van der Waals surface area contributed by atoms with E-state index in [0.717, 1.165) is 12.1 Å². The smallest absolute Gasteiger partial charge is 0.170 e. The fourth-order valence-corrected chi connectivity index (χ4v) is 3.53. The molecular weight excluding hydrogens is 402 g/mol. The molecule has 1 aromatic rings. The van der Waals surface area contributed by atoms with Crippen LogP contribution in [0.5, 0.6) is 0 Å². The van der Waals surface area contributed by atoms with Crippen LogP contribution in [-0.4, -0.2) is 18.9 Å². The Bertz CT molecular complexity index is 715. The summed E-state index contributed by atoms with van der Waals surface area (Å²) in [5.41, 5.74) is 3.51. The second-order valence-corrected chi connectivity index (χ2v) is 8.91. The van der Waals surface area contributed by atoms with Crippen LogP contribution in [0.3, 0.4) is 0 Å². The molecule has 1 rings (SSSR count). The summed E-state index contributed by atoms with van der Waals surface area (Å²) in [6.45, 7) is 3.64. The SMILES string of the molecule is CC(N)(CS(=O)(=O)C(C)(C)C#N)c1c(F)ccc(Br)c1F.Cl. The van der Waals surface area contributed by atoms with Gasteiger partial charge < -0.3 is 5.73 Å². The number of rotatable bonds is 4. The van der Waals surface area contributed by atoms with E-state index in [1.807, 2.05) is 0 Å². The van der Waals surface area contributed by atoms with Gasteiger partial charge in [0.25, 0.3) is 0 Å². The van der Waals surface area contributed by atoms with E-state index in [1.165, 1.54) is 20.8 Å². The average molecular weight is 418 g/mol. The van der Waals surface area contributed by atoms with Gasteiger partial charge in [0, 0.05) is 5.56 Å². The lowest BCUT2D eigenvalue weighted by Crippen LogP contribution is -2.47. The van der Waals surface area contributed by atoms with E-state index in [1.54, 1.807) is 6.07 Å². The van der Waals surface area contributed by atoms with E-state index < -0.39 is 43.1 Å². The summed E-state index contributed by atoms with van der Waals surface area (Å²) in [6.07, 6.45) is 0. The molecule has 1 unspecified atom stereocenters. The maximum atomic E-state index is 14.1. The molecule has 0 amide bonds. The Morgan fingerprint density at radius 1 is 1.32 bits per heavy atom. The van der Waals surface area contributed by atoms with Crippen LogP contribution in [0, 0.1) is 23.0 Å². The van der Waals surface area contributed by atoms with Gasteiger partial charge in [0.2, 0.25) is 0 Å². The minimum atomic E-state index is -4.00. The predicted molar refractivity (Wildman–Crippen MR) is 86.3 cm³/mol. The molecule has 0 bridgehead atoms. The maximum absolute atomic E-state index is 14.1. The highest BCUT2D eigenvalue weighted by Gasteiger charge is 2.42. The van der Waals surface area contributed by atoms with Crippen LogP contribution >= 0.6 is 28.3 Å². The maximum Gasteiger partial charge on any atom is 0.170 e. The van der Waals surface area contributed by atoms with Crippen molar-refractivity contribution in [2.45, 2.75) is 31.1 Å². The summed E-state index contributed by atoms with van der Waals surface area (Å²) in [6, 6.07) is 3.82. The second kappa shape index (κ2) is 6.79. The molecule has 22 heavy (non-hydrogen) atoms. The number of nitrogens with two attached hydrogens (primary N) is 1. The van der Waals surface area contributed by atoms with Gasteiger partial charge in [0.1, 0.15) is 11.6 Å². The molecule has 0 saturated carbocycles. The van der Waals surface area contributed by atoms with Gasteiger partial charge >= 0.3 is 0 Å². The number of hydrogen-bond acceptors (Lipinski definition) is 4. The van der Waals surface area contributed by atoms with Gasteiger partial charge in [-0.3, -0.25) is 0 Å². The molecule has 0 aromatic heterocycles. The normalized spacial score (nSPS) is 14.6. The molecule has 2 N–H and O–H groups in total. The largest absolute Gasteiger partial charge is 0.321 e. The van der Waals surface area contributed by atoms with Gasteiger partial charge in [0.05, 0.1) is 21.8 Å². The molecular formula is C13H16BrClF2N2O2S. The zero-order chi connectivity index (χ0) is 16.6. The van der Waals surface area contributed by atoms with E-state index in [2.05, 4.69) is 15.9 Å². The van der Waals surface area contributed by atoms with E-state index in [4.69, 9.17) is 11.0 Å². The monoisotopic (exact) mass is 416 g/mol. The van der Waals surface area contributed by atoms with Gasteiger partial charge in [-0.1, -0.05) is 0 Å². The first-order valence-corrected chi connectivity index (χ1v) is 8.36. The molecule has 0 heterocycles. The van der Waals surface area contributed by atoms with Crippen molar-refractivity contribution in [2.24, 2.45) is 5.73 Å². The van der Waals surface area contributed by atoms with Crippen molar-refractivity contribution in [3.63, 3.8) is 0 Å². The fourth-order valence-electron chi connectivity index (χ4n) is 1.77. The number of benzene rings is 1. The Kier molecular flexibility index (Phi) is 6.56. The molecule has 0 saturated heterocycles. The fraction of sp³-hybridized carbons (Fsp3) is 0.462. The first kappa shape index (κ1) is 21.2. The Hall–Kier alpha value is -0.750. The molecule has 1 aromatic carbocycles. The third-order valence-corrected chi connectivity index (χ3v) is 6.39. The minimum absolute atomic E-state index is 0. The third-order valence-electron chi connectivity index (χ3n) is 3.15. The van der Waals surface area contributed by atoms with Crippen LogP contribution in [-0.2, 0) is 15.4 Å². The molecule has 0 aliphatic rings. The van der Waals surface area contributed by atoms with Crippen LogP contribution in [0.1, 0.15) is 26.3 Å². The van der Waals surface area contributed by atoms with Crippen molar-refractivity contribution in [1.29, 1.82) is 5.26 Å². The second-order valence-electron chi connectivity index (χ2n) is 5.52. The number of halogens is 4. The average Bonchev–Trinajstić information content (AvgIpc) is 2.32. The van der Waals surface area contributed by atoms with Crippen LogP contribution in [0.25, 0.3) is 0 Å². The van der Waals surface area contributed by atoms with Gasteiger partial charge in [-0.15, -0.1) is 12.4 Å². The Labute approximate surface area is 143 Å². The lowest BCUT2D eigenvalue weighted by atomic mass is 9.94. The number of sulfone groups is 1. The van der Waals surface area contributed by atoms with Gasteiger partial charge in [0.15, 0.2) is 14.6 Å². The highest BCUT2D eigenvalue weighted by molar-refractivity contribution is 9.10. The van der Waals surface area contributed by atoms with E-state index >= 15 is 0 Å². The van der Waals surface area contributed by atoms with Crippen molar-refractivity contribution < 1.29 is 17.2 Å². The molecule has 4 nitrogen and oxygen atoms in total. The summed E-state index contributed by atoms with van der Waals surface area (Å²) in [5.74, 6) is -2.65. The predicted octanol–water partition coefficient (Wildman–Crippen LogP) is 3.04. The zero-order valence-electron chi connectivity index (χ0n) is 12.2.